The third-order valence-electron chi connectivity index (χ3n) is 5.35. The standard InChI is InChI=1S/C25H29N3O4S/c29-22(13-14-23(30)32-18-15-19-9-3-1-4-10-19)27-25(33)26-21-12-6-5-11-20(21)24(31)28-16-7-2-8-17-28/h1,3-6,9-12H,2,7-8,13-18H2,(H2,26,27,29,33). The van der Waals surface area contributed by atoms with Crippen molar-refractivity contribution in [2.75, 3.05) is 25.0 Å². The second kappa shape index (κ2) is 12.7. The summed E-state index contributed by atoms with van der Waals surface area (Å²) in [6.07, 6.45) is 3.70. The van der Waals surface area contributed by atoms with E-state index in [1.807, 2.05) is 35.2 Å². The van der Waals surface area contributed by atoms with Gasteiger partial charge in [-0.1, -0.05) is 42.5 Å². The number of hydrogen-bond acceptors (Lipinski definition) is 5. The molecule has 1 aliphatic rings. The van der Waals surface area contributed by atoms with Crippen molar-refractivity contribution in [1.29, 1.82) is 0 Å². The van der Waals surface area contributed by atoms with Crippen LogP contribution in [0.1, 0.15) is 48.0 Å². The number of hydrogen-bond donors (Lipinski definition) is 2. The summed E-state index contributed by atoms with van der Waals surface area (Å²) < 4.78 is 5.19. The maximum Gasteiger partial charge on any atom is 0.306 e. The summed E-state index contributed by atoms with van der Waals surface area (Å²) in [5, 5.41) is 5.58. The van der Waals surface area contributed by atoms with Gasteiger partial charge in [0, 0.05) is 25.9 Å². The Balaban J connectivity index is 1.41. The van der Waals surface area contributed by atoms with Crippen molar-refractivity contribution in [3.63, 3.8) is 0 Å². The zero-order chi connectivity index (χ0) is 23.5. The van der Waals surface area contributed by atoms with Crippen molar-refractivity contribution in [1.82, 2.24) is 10.2 Å². The van der Waals surface area contributed by atoms with Crippen molar-refractivity contribution in [3.8, 4) is 0 Å². The number of amides is 2. The number of benzene rings is 2. The Morgan fingerprint density at radius 3 is 2.36 bits per heavy atom. The van der Waals surface area contributed by atoms with Gasteiger partial charge in [0.15, 0.2) is 5.11 Å². The minimum absolute atomic E-state index is 0.0345. The predicted octanol–water partition coefficient (Wildman–Crippen LogP) is 3.69. The van der Waals surface area contributed by atoms with Crippen LogP contribution in [-0.2, 0) is 20.7 Å². The van der Waals surface area contributed by atoms with Crippen LogP contribution in [0.5, 0.6) is 0 Å². The fraction of sp³-hybridized carbons (Fsp3) is 0.360. The topological polar surface area (TPSA) is 87.7 Å². The molecule has 0 atom stereocenters. The predicted molar refractivity (Wildman–Crippen MR) is 131 cm³/mol. The van der Waals surface area contributed by atoms with Gasteiger partial charge in [0.1, 0.15) is 0 Å². The van der Waals surface area contributed by atoms with E-state index in [0.29, 0.717) is 17.7 Å². The Morgan fingerprint density at radius 2 is 1.61 bits per heavy atom. The van der Waals surface area contributed by atoms with E-state index in [0.717, 1.165) is 37.9 Å². The summed E-state index contributed by atoms with van der Waals surface area (Å²) in [4.78, 5) is 38.8. The maximum atomic E-state index is 12.9. The normalized spacial score (nSPS) is 13.2. The molecule has 0 aromatic heterocycles. The third-order valence-corrected chi connectivity index (χ3v) is 5.56. The number of para-hydroxylation sites is 1. The molecule has 1 heterocycles. The Morgan fingerprint density at radius 1 is 0.909 bits per heavy atom. The van der Waals surface area contributed by atoms with E-state index in [2.05, 4.69) is 10.6 Å². The minimum Gasteiger partial charge on any atom is -0.465 e. The van der Waals surface area contributed by atoms with Gasteiger partial charge in [0.25, 0.3) is 5.91 Å². The lowest BCUT2D eigenvalue weighted by molar-refractivity contribution is -0.144. The van der Waals surface area contributed by atoms with Gasteiger partial charge in [0.05, 0.1) is 24.3 Å². The molecule has 7 nitrogen and oxygen atoms in total. The number of carbonyl (C=O) groups is 3. The van der Waals surface area contributed by atoms with Gasteiger partial charge in [-0.25, -0.2) is 0 Å². The van der Waals surface area contributed by atoms with Crippen LogP contribution in [0.2, 0.25) is 0 Å². The lowest BCUT2D eigenvalue weighted by atomic mass is 10.1. The van der Waals surface area contributed by atoms with Crippen LogP contribution in [0, 0.1) is 0 Å². The molecule has 0 bridgehead atoms. The largest absolute Gasteiger partial charge is 0.465 e. The smallest absolute Gasteiger partial charge is 0.306 e. The SMILES string of the molecule is O=C(CCC(=O)OCCc1ccccc1)NC(=S)Nc1ccccc1C(=O)N1CCCCC1. The van der Waals surface area contributed by atoms with Crippen LogP contribution < -0.4 is 10.6 Å². The van der Waals surface area contributed by atoms with Gasteiger partial charge < -0.3 is 20.3 Å². The molecule has 8 heteroatoms. The number of nitrogens with zero attached hydrogens (tertiary/aromatic N) is 1. The Bertz CT molecular complexity index is 975. The van der Waals surface area contributed by atoms with E-state index in [-0.39, 0.29) is 30.5 Å². The summed E-state index contributed by atoms with van der Waals surface area (Å²) in [7, 11) is 0. The van der Waals surface area contributed by atoms with Crippen LogP contribution in [0.3, 0.4) is 0 Å². The number of carbonyl (C=O) groups excluding carboxylic acids is 3. The molecule has 0 aliphatic carbocycles. The molecular formula is C25H29N3O4S. The number of thiocarbonyl (C=S) groups is 1. The van der Waals surface area contributed by atoms with E-state index < -0.39 is 11.9 Å². The summed E-state index contributed by atoms with van der Waals surface area (Å²) in [6, 6.07) is 16.8. The van der Waals surface area contributed by atoms with Gasteiger partial charge in [-0.15, -0.1) is 0 Å². The first-order valence-electron chi connectivity index (χ1n) is 11.2. The molecular weight excluding hydrogens is 438 g/mol. The highest BCUT2D eigenvalue weighted by atomic mass is 32.1. The second-order valence-corrected chi connectivity index (χ2v) is 8.27. The van der Waals surface area contributed by atoms with Crippen LogP contribution in [0.15, 0.2) is 54.6 Å². The Hall–Kier alpha value is -3.26. The molecule has 0 radical (unpaired) electrons. The van der Waals surface area contributed by atoms with E-state index in [4.69, 9.17) is 17.0 Å². The molecule has 0 spiro atoms. The molecule has 1 saturated heterocycles. The zero-order valence-electron chi connectivity index (χ0n) is 18.5. The first-order valence-corrected chi connectivity index (χ1v) is 11.6. The first-order chi connectivity index (χ1) is 16.0. The van der Waals surface area contributed by atoms with Gasteiger partial charge >= 0.3 is 5.97 Å². The van der Waals surface area contributed by atoms with E-state index in [1.165, 1.54) is 0 Å². The molecule has 0 saturated carbocycles. The van der Waals surface area contributed by atoms with Crippen molar-refractivity contribution >= 4 is 40.8 Å². The number of rotatable bonds is 8. The fourth-order valence-corrected chi connectivity index (χ4v) is 3.83. The molecule has 2 aromatic rings. The average molecular weight is 468 g/mol. The lowest BCUT2D eigenvalue weighted by Gasteiger charge is -2.27. The van der Waals surface area contributed by atoms with Crippen LogP contribution in [0.4, 0.5) is 5.69 Å². The molecule has 1 fully saturated rings. The van der Waals surface area contributed by atoms with Gasteiger partial charge in [-0.05, 0) is 49.2 Å². The molecule has 2 N–H and O–H groups in total. The van der Waals surface area contributed by atoms with Crippen LogP contribution in [-0.4, -0.2) is 47.5 Å². The number of esters is 1. The highest BCUT2D eigenvalue weighted by Gasteiger charge is 2.21. The molecule has 33 heavy (non-hydrogen) atoms. The van der Waals surface area contributed by atoms with Gasteiger partial charge in [-0.2, -0.15) is 0 Å². The first kappa shape index (κ1) is 24.4. The van der Waals surface area contributed by atoms with E-state index in [9.17, 15) is 14.4 Å². The van der Waals surface area contributed by atoms with Gasteiger partial charge in [0.2, 0.25) is 5.91 Å². The van der Waals surface area contributed by atoms with Crippen molar-refractivity contribution < 1.29 is 19.1 Å². The van der Waals surface area contributed by atoms with Crippen molar-refractivity contribution in [2.24, 2.45) is 0 Å². The van der Waals surface area contributed by atoms with Gasteiger partial charge in [-0.3, -0.25) is 14.4 Å². The highest BCUT2D eigenvalue weighted by molar-refractivity contribution is 7.80. The molecule has 3 rings (SSSR count). The molecule has 2 aromatic carbocycles. The summed E-state index contributed by atoms with van der Waals surface area (Å²) >= 11 is 5.23. The molecule has 0 unspecified atom stereocenters. The van der Waals surface area contributed by atoms with E-state index >= 15 is 0 Å². The number of piperidine rings is 1. The zero-order valence-corrected chi connectivity index (χ0v) is 19.4. The Labute approximate surface area is 199 Å². The monoisotopic (exact) mass is 467 g/mol. The number of likely N-dealkylation sites (tertiary alicyclic amines) is 1. The number of nitrogens with one attached hydrogen (secondary N) is 2. The second-order valence-electron chi connectivity index (χ2n) is 7.86. The number of anilines is 1. The number of ether oxygens (including phenoxy) is 1. The molecule has 174 valence electrons. The summed E-state index contributed by atoms with van der Waals surface area (Å²) in [5.41, 5.74) is 2.13. The average Bonchev–Trinajstić information content (AvgIpc) is 2.84. The third kappa shape index (κ3) is 7.98. The quantitative estimate of drug-likeness (QED) is 0.455. The fourth-order valence-electron chi connectivity index (χ4n) is 3.60. The van der Waals surface area contributed by atoms with Crippen molar-refractivity contribution in [3.05, 3.63) is 65.7 Å². The van der Waals surface area contributed by atoms with E-state index in [1.54, 1.807) is 24.3 Å². The van der Waals surface area contributed by atoms with Crippen LogP contribution in [0.25, 0.3) is 0 Å². The Kier molecular flexibility index (Phi) is 9.38. The molecule has 2 amide bonds. The van der Waals surface area contributed by atoms with Crippen LogP contribution >= 0.6 is 12.2 Å². The lowest BCUT2D eigenvalue weighted by Crippen LogP contribution is -2.37. The highest BCUT2D eigenvalue weighted by Crippen LogP contribution is 2.20. The molecule has 1 aliphatic heterocycles. The summed E-state index contributed by atoms with van der Waals surface area (Å²) in [5.74, 6) is -0.880. The minimum atomic E-state index is -0.433. The van der Waals surface area contributed by atoms with Crippen molar-refractivity contribution in [2.45, 2.75) is 38.5 Å². The maximum absolute atomic E-state index is 12.9. The summed E-state index contributed by atoms with van der Waals surface area (Å²) in [6.45, 7) is 1.76.